The van der Waals surface area contributed by atoms with Gasteiger partial charge in [0.25, 0.3) is 5.56 Å². The molecule has 1 aliphatic heterocycles. The smallest absolute Gasteiger partial charge is 0.250 e. The van der Waals surface area contributed by atoms with Crippen molar-refractivity contribution < 1.29 is 4.74 Å². The minimum atomic E-state index is 0.0186. The van der Waals surface area contributed by atoms with Crippen LogP contribution in [0, 0.1) is 0 Å². The molecular formula is C15H25N3O2. The molecule has 1 unspecified atom stereocenters. The average Bonchev–Trinajstić information content (AvgIpc) is 2.43. The van der Waals surface area contributed by atoms with E-state index in [2.05, 4.69) is 4.90 Å². The lowest BCUT2D eigenvalue weighted by atomic mass is 10.1. The van der Waals surface area contributed by atoms with Crippen molar-refractivity contribution in [2.45, 2.75) is 38.8 Å². The molecule has 0 aromatic carbocycles. The predicted molar refractivity (Wildman–Crippen MR) is 80.8 cm³/mol. The summed E-state index contributed by atoms with van der Waals surface area (Å²) >= 11 is 0. The maximum Gasteiger partial charge on any atom is 0.250 e. The third-order valence-electron chi connectivity index (χ3n) is 3.74. The van der Waals surface area contributed by atoms with Gasteiger partial charge in [0.05, 0.1) is 6.10 Å². The highest BCUT2D eigenvalue weighted by molar-refractivity contribution is 5.33. The number of aryl methyl sites for hydroxylation is 1. The van der Waals surface area contributed by atoms with Gasteiger partial charge in [-0.25, -0.2) is 0 Å². The van der Waals surface area contributed by atoms with Crippen molar-refractivity contribution in [1.29, 1.82) is 0 Å². The third kappa shape index (κ3) is 4.35. The van der Waals surface area contributed by atoms with Crippen LogP contribution in [0.1, 0.15) is 26.2 Å². The zero-order valence-corrected chi connectivity index (χ0v) is 12.3. The van der Waals surface area contributed by atoms with E-state index in [4.69, 9.17) is 10.5 Å². The van der Waals surface area contributed by atoms with E-state index in [0.29, 0.717) is 11.8 Å². The molecule has 0 bridgehead atoms. The fourth-order valence-electron chi connectivity index (χ4n) is 2.78. The second-order valence-electron chi connectivity index (χ2n) is 5.37. The molecule has 2 N–H and O–H groups in total. The summed E-state index contributed by atoms with van der Waals surface area (Å²) in [7, 11) is 0. The van der Waals surface area contributed by atoms with Gasteiger partial charge in [-0.2, -0.15) is 0 Å². The van der Waals surface area contributed by atoms with E-state index in [1.807, 2.05) is 6.92 Å². The van der Waals surface area contributed by atoms with Crippen LogP contribution in [-0.2, 0) is 11.3 Å². The Labute approximate surface area is 120 Å². The van der Waals surface area contributed by atoms with Crippen LogP contribution in [0.4, 0.5) is 5.69 Å². The first-order valence-electron chi connectivity index (χ1n) is 7.49. The lowest BCUT2D eigenvalue weighted by molar-refractivity contribution is 0.00546. The Morgan fingerprint density at radius 3 is 3.05 bits per heavy atom. The number of aromatic nitrogens is 1. The van der Waals surface area contributed by atoms with Gasteiger partial charge in [0.1, 0.15) is 0 Å². The Balaban J connectivity index is 1.78. The number of nitrogens with zero attached hydrogens (tertiary/aromatic N) is 2. The monoisotopic (exact) mass is 279 g/mol. The Bertz CT molecular complexity index is 470. The summed E-state index contributed by atoms with van der Waals surface area (Å²) in [6, 6.07) is 3.18. The van der Waals surface area contributed by atoms with Crippen molar-refractivity contribution in [3.63, 3.8) is 0 Å². The highest BCUT2D eigenvalue weighted by Crippen LogP contribution is 2.13. The van der Waals surface area contributed by atoms with Gasteiger partial charge in [-0.1, -0.05) is 0 Å². The highest BCUT2D eigenvalue weighted by atomic mass is 16.5. The molecule has 0 aliphatic carbocycles. The van der Waals surface area contributed by atoms with Gasteiger partial charge in [0.2, 0.25) is 0 Å². The Morgan fingerprint density at radius 1 is 1.40 bits per heavy atom. The molecule has 1 aromatic heterocycles. The molecule has 1 aromatic rings. The summed E-state index contributed by atoms with van der Waals surface area (Å²) in [6.07, 6.45) is 5.43. The minimum Gasteiger partial charge on any atom is -0.398 e. The molecule has 0 spiro atoms. The van der Waals surface area contributed by atoms with E-state index in [-0.39, 0.29) is 5.56 Å². The van der Waals surface area contributed by atoms with Crippen molar-refractivity contribution in [2.24, 2.45) is 0 Å². The average molecular weight is 279 g/mol. The normalized spacial score (nSPS) is 20.1. The standard InChI is InChI=1S/C15H25N3O2/c1-2-20-14-5-3-8-17(12-14)9-4-10-18-11-13(16)6-7-15(18)19/h6-7,11,14H,2-5,8-10,12,16H2,1H3. The molecule has 1 atom stereocenters. The summed E-state index contributed by atoms with van der Waals surface area (Å²) in [5.74, 6) is 0. The zero-order chi connectivity index (χ0) is 14.4. The second kappa shape index (κ2) is 7.45. The molecule has 1 saturated heterocycles. The number of nitrogens with two attached hydrogens (primary N) is 1. The molecule has 2 rings (SSSR count). The first-order chi connectivity index (χ1) is 9.69. The molecule has 0 radical (unpaired) electrons. The molecule has 112 valence electrons. The molecule has 0 saturated carbocycles. The summed E-state index contributed by atoms with van der Waals surface area (Å²) in [6.45, 7) is 6.71. The summed E-state index contributed by atoms with van der Waals surface area (Å²) in [5.41, 5.74) is 6.36. The van der Waals surface area contributed by atoms with Crippen molar-refractivity contribution >= 4 is 5.69 Å². The third-order valence-corrected chi connectivity index (χ3v) is 3.74. The molecule has 0 amide bonds. The minimum absolute atomic E-state index is 0.0186. The summed E-state index contributed by atoms with van der Waals surface area (Å²) in [4.78, 5) is 14.1. The zero-order valence-electron chi connectivity index (χ0n) is 12.3. The van der Waals surface area contributed by atoms with E-state index < -0.39 is 0 Å². The van der Waals surface area contributed by atoms with Gasteiger partial charge in [-0.05, 0) is 45.3 Å². The molecule has 2 heterocycles. The maximum absolute atomic E-state index is 11.7. The number of nitrogen functional groups attached to an aromatic ring is 1. The topological polar surface area (TPSA) is 60.5 Å². The summed E-state index contributed by atoms with van der Waals surface area (Å²) in [5, 5.41) is 0. The molecule has 5 nitrogen and oxygen atoms in total. The number of hydrogen-bond acceptors (Lipinski definition) is 4. The molecular weight excluding hydrogens is 254 g/mol. The number of likely N-dealkylation sites (tertiary alicyclic amines) is 1. The van der Waals surface area contributed by atoms with Crippen LogP contribution in [0.15, 0.2) is 23.1 Å². The van der Waals surface area contributed by atoms with Crippen LogP contribution in [0.25, 0.3) is 0 Å². The van der Waals surface area contributed by atoms with Crippen LogP contribution in [0.5, 0.6) is 0 Å². The quantitative estimate of drug-likeness (QED) is 0.853. The number of hydrogen-bond donors (Lipinski definition) is 1. The largest absolute Gasteiger partial charge is 0.398 e. The lowest BCUT2D eigenvalue weighted by Gasteiger charge is -2.32. The molecule has 5 heteroatoms. The predicted octanol–water partition coefficient (Wildman–Crippen LogP) is 1.32. The van der Waals surface area contributed by atoms with E-state index in [1.165, 1.54) is 18.9 Å². The molecule has 1 fully saturated rings. The summed E-state index contributed by atoms with van der Waals surface area (Å²) < 4.78 is 7.39. The Kier molecular flexibility index (Phi) is 5.61. The molecule has 20 heavy (non-hydrogen) atoms. The van der Waals surface area contributed by atoms with E-state index in [1.54, 1.807) is 16.8 Å². The number of rotatable bonds is 6. The number of anilines is 1. The van der Waals surface area contributed by atoms with Crippen molar-refractivity contribution in [1.82, 2.24) is 9.47 Å². The second-order valence-corrected chi connectivity index (χ2v) is 5.37. The maximum atomic E-state index is 11.7. The van der Waals surface area contributed by atoms with E-state index in [9.17, 15) is 4.79 Å². The van der Waals surface area contributed by atoms with Gasteiger partial charge < -0.3 is 19.9 Å². The lowest BCUT2D eigenvalue weighted by Crippen LogP contribution is -2.40. The number of ether oxygens (including phenoxy) is 1. The van der Waals surface area contributed by atoms with E-state index >= 15 is 0 Å². The van der Waals surface area contributed by atoms with Gasteiger partial charge in [0, 0.05) is 37.6 Å². The van der Waals surface area contributed by atoms with Crippen molar-refractivity contribution in [3.05, 3.63) is 28.7 Å². The van der Waals surface area contributed by atoms with Gasteiger partial charge in [-0.15, -0.1) is 0 Å². The van der Waals surface area contributed by atoms with Gasteiger partial charge in [-0.3, -0.25) is 4.79 Å². The highest BCUT2D eigenvalue weighted by Gasteiger charge is 2.19. The van der Waals surface area contributed by atoms with Crippen LogP contribution < -0.4 is 11.3 Å². The Hall–Kier alpha value is -1.33. The molecule has 1 aliphatic rings. The number of piperidine rings is 1. The van der Waals surface area contributed by atoms with Crippen molar-refractivity contribution in [2.75, 3.05) is 32.0 Å². The van der Waals surface area contributed by atoms with Gasteiger partial charge in [0.15, 0.2) is 0 Å². The SMILES string of the molecule is CCOC1CCCN(CCCn2cc(N)ccc2=O)C1. The van der Waals surface area contributed by atoms with E-state index in [0.717, 1.165) is 39.2 Å². The Morgan fingerprint density at radius 2 is 2.25 bits per heavy atom. The van der Waals surface area contributed by atoms with Crippen molar-refractivity contribution in [3.8, 4) is 0 Å². The fraction of sp³-hybridized carbons (Fsp3) is 0.667. The van der Waals surface area contributed by atoms with Crippen LogP contribution in [0.3, 0.4) is 0 Å². The first-order valence-corrected chi connectivity index (χ1v) is 7.49. The van der Waals surface area contributed by atoms with Gasteiger partial charge >= 0.3 is 0 Å². The first kappa shape index (κ1) is 15.1. The number of pyridine rings is 1. The van der Waals surface area contributed by atoms with Crippen LogP contribution >= 0.6 is 0 Å². The fourth-order valence-corrected chi connectivity index (χ4v) is 2.78. The van der Waals surface area contributed by atoms with Crippen LogP contribution in [0.2, 0.25) is 0 Å². The van der Waals surface area contributed by atoms with Crippen LogP contribution in [-0.4, -0.2) is 41.8 Å².